The van der Waals surface area contributed by atoms with Crippen LogP contribution in [0.15, 0.2) is 47.8 Å². The fourth-order valence-electron chi connectivity index (χ4n) is 3.03. The summed E-state index contributed by atoms with van der Waals surface area (Å²) in [6.07, 6.45) is -4.87. The molecular weight excluding hydrogens is 511 g/mol. The molecule has 4 aromatic rings. The molecule has 0 radical (unpaired) electrons. The van der Waals surface area contributed by atoms with Gasteiger partial charge in [-0.25, -0.2) is 14.5 Å². The maximum atomic E-state index is 12.5. The molecular formula is C21H15ClF3N5O4S. The third kappa shape index (κ3) is 5.81. The summed E-state index contributed by atoms with van der Waals surface area (Å²) in [5.41, 5.74) is 1.37. The topological polar surface area (TPSA) is 111 Å². The maximum Gasteiger partial charge on any atom is 0.573 e. The Labute approximate surface area is 204 Å². The molecule has 0 unspecified atom stereocenters. The first-order chi connectivity index (χ1) is 16.6. The van der Waals surface area contributed by atoms with Crippen molar-refractivity contribution in [2.45, 2.75) is 12.9 Å². The summed E-state index contributed by atoms with van der Waals surface area (Å²) < 4.78 is 47.8. The Morgan fingerprint density at radius 1 is 1.23 bits per heavy atom. The molecule has 0 aliphatic carbocycles. The highest BCUT2D eigenvalue weighted by atomic mass is 35.5. The highest BCUT2D eigenvalue weighted by Gasteiger charge is 2.32. The predicted molar refractivity (Wildman–Crippen MR) is 122 cm³/mol. The van der Waals surface area contributed by atoms with Crippen molar-refractivity contribution < 1.29 is 32.5 Å². The standard InChI is InChI=1S/C21H15ClF3N5O4S/c1-33-13-5-2-11(3-6-13)9-30-18(17(19(31)32)28-29-30)27-20-26-15(10-35-20)12-4-7-16(14(22)8-12)34-21(23,24)25/h2-8,10H,9H2,1H3,(H,26,27)(H,31,32). The number of anilines is 2. The maximum absolute atomic E-state index is 12.5. The summed E-state index contributed by atoms with van der Waals surface area (Å²) in [5.74, 6) is -1.03. The molecule has 2 aromatic heterocycles. The van der Waals surface area contributed by atoms with Crippen LogP contribution in [-0.4, -0.2) is 44.5 Å². The normalized spacial score (nSPS) is 11.3. The summed E-state index contributed by atoms with van der Waals surface area (Å²) in [6.45, 7) is 0.223. The van der Waals surface area contributed by atoms with Crippen LogP contribution < -0.4 is 14.8 Å². The third-order valence-corrected chi connectivity index (χ3v) is 5.67. The molecule has 0 bridgehead atoms. The van der Waals surface area contributed by atoms with Gasteiger partial charge < -0.3 is 19.9 Å². The first-order valence-corrected chi connectivity index (χ1v) is 11.0. The van der Waals surface area contributed by atoms with Gasteiger partial charge in [-0.3, -0.25) is 0 Å². The molecule has 0 aliphatic rings. The van der Waals surface area contributed by atoms with E-state index in [-0.39, 0.29) is 23.1 Å². The fourth-order valence-corrected chi connectivity index (χ4v) is 3.97. The largest absolute Gasteiger partial charge is 0.573 e. The molecule has 14 heteroatoms. The summed E-state index contributed by atoms with van der Waals surface area (Å²) in [7, 11) is 1.55. The number of alkyl halides is 3. The number of halogens is 4. The molecule has 2 aromatic carbocycles. The van der Waals surface area contributed by atoms with Crippen LogP contribution in [0, 0.1) is 0 Å². The SMILES string of the molecule is COc1ccc(Cn2nnc(C(=O)O)c2Nc2nc(-c3ccc(OC(F)(F)F)c(Cl)c3)cs2)cc1. The highest BCUT2D eigenvalue weighted by molar-refractivity contribution is 7.14. The smallest absolute Gasteiger partial charge is 0.497 e. The van der Waals surface area contributed by atoms with Gasteiger partial charge in [-0.15, -0.1) is 29.6 Å². The Kier molecular flexibility index (Phi) is 6.80. The van der Waals surface area contributed by atoms with Gasteiger partial charge in [0.15, 0.2) is 10.9 Å². The van der Waals surface area contributed by atoms with Crippen molar-refractivity contribution >= 4 is 39.9 Å². The molecule has 0 spiro atoms. The number of benzene rings is 2. The average Bonchev–Trinajstić information content (AvgIpc) is 3.43. The number of carboxylic acids is 1. The number of hydrogen-bond acceptors (Lipinski definition) is 8. The quantitative estimate of drug-likeness (QED) is 0.312. The van der Waals surface area contributed by atoms with E-state index in [1.165, 1.54) is 16.8 Å². The van der Waals surface area contributed by atoms with Gasteiger partial charge in [0.05, 0.1) is 24.4 Å². The number of aromatic nitrogens is 4. The minimum Gasteiger partial charge on any atom is -0.497 e. The van der Waals surface area contributed by atoms with Gasteiger partial charge in [-0.05, 0) is 35.9 Å². The molecule has 0 aliphatic heterocycles. The number of aromatic carboxylic acids is 1. The van der Waals surface area contributed by atoms with Gasteiger partial charge in [0.25, 0.3) is 0 Å². The van der Waals surface area contributed by atoms with Gasteiger partial charge in [0.1, 0.15) is 11.5 Å². The number of rotatable bonds is 8. The zero-order valence-corrected chi connectivity index (χ0v) is 19.3. The second kappa shape index (κ2) is 9.80. The number of ether oxygens (including phenoxy) is 2. The second-order valence-corrected chi connectivity index (χ2v) is 8.22. The van der Waals surface area contributed by atoms with E-state index in [2.05, 4.69) is 25.3 Å². The van der Waals surface area contributed by atoms with E-state index in [1.54, 1.807) is 24.6 Å². The van der Waals surface area contributed by atoms with E-state index < -0.39 is 18.1 Å². The predicted octanol–water partition coefficient (Wildman–Crippen LogP) is 5.45. The second-order valence-electron chi connectivity index (χ2n) is 6.95. The Morgan fingerprint density at radius 2 is 1.97 bits per heavy atom. The summed E-state index contributed by atoms with van der Waals surface area (Å²) in [6, 6.07) is 10.9. The van der Waals surface area contributed by atoms with E-state index >= 15 is 0 Å². The first-order valence-electron chi connectivity index (χ1n) is 9.71. The van der Waals surface area contributed by atoms with E-state index in [0.29, 0.717) is 22.1 Å². The Morgan fingerprint density at radius 3 is 2.60 bits per heavy atom. The molecule has 35 heavy (non-hydrogen) atoms. The lowest BCUT2D eigenvalue weighted by Gasteiger charge is -2.10. The van der Waals surface area contributed by atoms with Gasteiger partial charge >= 0.3 is 12.3 Å². The van der Waals surface area contributed by atoms with Crippen molar-refractivity contribution in [2.75, 3.05) is 12.4 Å². The number of carbonyl (C=O) groups is 1. The van der Waals surface area contributed by atoms with Crippen molar-refractivity contribution in [1.82, 2.24) is 20.0 Å². The molecule has 0 saturated heterocycles. The van der Waals surface area contributed by atoms with Crippen LogP contribution in [0.4, 0.5) is 24.1 Å². The van der Waals surface area contributed by atoms with E-state index in [4.69, 9.17) is 16.3 Å². The van der Waals surface area contributed by atoms with Crippen molar-refractivity contribution in [2.24, 2.45) is 0 Å². The van der Waals surface area contributed by atoms with E-state index in [0.717, 1.165) is 23.0 Å². The Bertz CT molecular complexity index is 1360. The van der Waals surface area contributed by atoms with Crippen LogP contribution in [0.2, 0.25) is 5.02 Å². The number of hydrogen-bond donors (Lipinski definition) is 2. The lowest BCUT2D eigenvalue weighted by atomic mass is 10.2. The third-order valence-electron chi connectivity index (χ3n) is 4.61. The first kappa shape index (κ1) is 24.3. The zero-order chi connectivity index (χ0) is 25.2. The number of methoxy groups -OCH3 is 1. The summed E-state index contributed by atoms with van der Waals surface area (Å²) in [4.78, 5) is 16.0. The Hall–Kier alpha value is -3.84. The lowest BCUT2D eigenvalue weighted by Crippen LogP contribution is -2.17. The highest BCUT2D eigenvalue weighted by Crippen LogP contribution is 2.35. The van der Waals surface area contributed by atoms with Crippen LogP contribution in [0.3, 0.4) is 0 Å². The minimum atomic E-state index is -4.87. The Balaban J connectivity index is 1.57. The van der Waals surface area contributed by atoms with Crippen LogP contribution >= 0.6 is 22.9 Å². The number of thiazole rings is 1. The number of nitrogens with zero attached hydrogens (tertiary/aromatic N) is 4. The molecule has 0 fully saturated rings. The van der Waals surface area contributed by atoms with E-state index in [1.807, 2.05) is 12.1 Å². The zero-order valence-electron chi connectivity index (χ0n) is 17.7. The van der Waals surface area contributed by atoms with Crippen LogP contribution in [0.5, 0.6) is 11.5 Å². The van der Waals surface area contributed by atoms with Crippen molar-refractivity contribution in [3.8, 4) is 22.8 Å². The van der Waals surface area contributed by atoms with Crippen molar-refractivity contribution in [1.29, 1.82) is 0 Å². The van der Waals surface area contributed by atoms with Crippen LogP contribution in [-0.2, 0) is 6.54 Å². The molecule has 2 heterocycles. The monoisotopic (exact) mass is 525 g/mol. The van der Waals surface area contributed by atoms with Gasteiger partial charge in [-0.1, -0.05) is 28.9 Å². The van der Waals surface area contributed by atoms with Crippen molar-refractivity contribution in [3.05, 3.63) is 64.1 Å². The van der Waals surface area contributed by atoms with Crippen LogP contribution in [0.1, 0.15) is 16.1 Å². The molecule has 0 saturated carbocycles. The summed E-state index contributed by atoms with van der Waals surface area (Å²) in [5, 5.41) is 21.8. The van der Waals surface area contributed by atoms with Crippen molar-refractivity contribution in [3.63, 3.8) is 0 Å². The lowest BCUT2D eigenvalue weighted by molar-refractivity contribution is -0.274. The minimum absolute atomic E-state index is 0.112. The molecule has 4 rings (SSSR count). The van der Waals surface area contributed by atoms with Gasteiger partial charge in [0.2, 0.25) is 5.69 Å². The fraction of sp³-hybridized carbons (Fsp3) is 0.143. The molecule has 182 valence electrons. The molecule has 0 atom stereocenters. The molecule has 2 N–H and O–H groups in total. The van der Waals surface area contributed by atoms with E-state index in [9.17, 15) is 23.1 Å². The van der Waals surface area contributed by atoms with Crippen LogP contribution in [0.25, 0.3) is 11.3 Å². The van der Waals surface area contributed by atoms with Gasteiger partial charge in [0, 0.05) is 10.9 Å². The van der Waals surface area contributed by atoms with Gasteiger partial charge in [-0.2, -0.15) is 0 Å². The average molecular weight is 526 g/mol. The molecule has 9 nitrogen and oxygen atoms in total. The number of carboxylic acid groups (broad SMARTS) is 1. The summed E-state index contributed by atoms with van der Waals surface area (Å²) >= 11 is 7.07. The molecule has 0 amide bonds. The number of nitrogens with one attached hydrogen (secondary N) is 1.